The summed E-state index contributed by atoms with van der Waals surface area (Å²) in [5.74, 6) is -0.345. The molecule has 0 spiro atoms. The van der Waals surface area contributed by atoms with Gasteiger partial charge in [-0.2, -0.15) is 26.3 Å². The van der Waals surface area contributed by atoms with Crippen LogP contribution in [0, 0.1) is 0 Å². The summed E-state index contributed by atoms with van der Waals surface area (Å²) in [6.45, 7) is 3.02. The molecule has 10 heteroatoms. The lowest BCUT2D eigenvalue weighted by atomic mass is 10.1. The zero-order valence-corrected chi connectivity index (χ0v) is 17.0. The van der Waals surface area contributed by atoms with Crippen molar-refractivity contribution in [3.8, 4) is 0 Å². The zero-order valence-electron chi connectivity index (χ0n) is 16.2. The maximum absolute atomic E-state index is 13.1. The van der Waals surface area contributed by atoms with E-state index in [1.807, 2.05) is 0 Å². The molecule has 2 rings (SSSR count). The minimum atomic E-state index is -4.72. The molecule has 0 bridgehead atoms. The van der Waals surface area contributed by atoms with Crippen LogP contribution < -0.4 is 4.90 Å². The minimum absolute atomic E-state index is 0.0277. The van der Waals surface area contributed by atoms with Crippen LogP contribution in [0.25, 0.3) is 5.70 Å². The van der Waals surface area contributed by atoms with Crippen molar-refractivity contribution in [3.05, 3.63) is 69.9 Å². The molecule has 0 saturated carbocycles. The van der Waals surface area contributed by atoms with Gasteiger partial charge in [0, 0.05) is 26.8 Å². The lowest BCUT2D eigenvalue weighted by molar-refractivity contribution is -0.137. The molecular formula is C20H18F6N2OS. The summed E-state index contributed by atoms with van der Waals surface area (Å²) >= 11 is 0.931. The van der Waals surface area contributed by atoms with Gasteiger partial charge >= 0.3 is 12.4 Å². The maximum atomic E-state index is 13.1. The van der Waals surface area contributed by atoms with Crippen LogP contribution in [0.2, 0.25) is 0 Å². The van der Waals surface area contributed by atoms with E-state index in [2.05, 4.69) is 6.58 Å². The van der Waals surface area contributed by atoms with Crippen molar-refractivity contribution in [3.63, 3.8) is 0 Å². The molecule has 1 aromatic heterocycles. The standard InChI is InChI=1S/C20H18F6N2OS/c1-12(19(21,22)23)10-15(16-8-9-17(30-16)18(29)27(2)3)28(4)14-7-5-6-13(11-14)20(24,25)26/h5-11H,1H2,2-4H3/b15-10-. The SMILES string of the molecule is C=C(/C=C(/c1ccc(C(=O)N(C)C)s1)N(C)c1cccc(C(F)(F)F)c1)C(F)(F)F. The van der Waals surface area contributed by atoms with E-state index < -0.39 is 23.5 Å². The van der Waals surface area contributed by atoms with Gasteiger partial charge in [-0.05, 0) is 36.4 Å². The number of thiophene rings is 1. The average molecular weight is 448 g/mol. The first-order chi connectivity index (χ1) is 13.7. The van der Waals surface area contributed by atoms with Crippen molar-refractivity contribution in [2.75, 3.05) is 26.0 Å². The van der Waals surface area contributed by atoms with E-state index in [-0.39, 0.29) is 27.0 Å². The number of carbonyl (C=O) groups is 1. The third-order valence-corrected chi connectivity index (χ3v) is 5.17. The molecule has 1 aromatic carbocycles. The van der Waals surface area contributed by atoms with Crippen LogP contribution in [-0.2, 0) is 6.18 Å². The Kier molecular flexibility index (Phi) is 6.70. The van der Waals surface area contributed by atoms with Crippen molar-refractivity contribution in [1.82, 2.24) is 4.90 Å². The van der Waals surface area contributed by atoms with Crippen LogP contribution in [-0.4, -0.2) is 38.1 Å². The number of hydrogen-bond donors (Lipinski definition) is 0. The maximum Gasteiger partial charge on any atom is 0.416 e. The topological polar surface area (TPSA) is 23.6 Å². The smallest absolute Gasteiger partial charge is 0.344 e. The second-order valence-electron chi connectivity index (χ2n) is 6.52. The highest BCUT2D eigenvalue weighted by molar-refractivity contribution is 7.15. The molecule has 0 aliphatic carbocycles. The van der Waals surface area contributed by atoms with Gasteiger partial charge in [-0.1, -0.05) is 12.6 Å². The number of nitrogens with zero attached hydrogens (tertiary/aromatic N) is 2. The highest BCUT2D eigenvalue weighted by Crippen LogP contribution is 2.36. The lowest BCUT2D eigenvalue weighted by Crippen LogP contribution is -2.20. The van der Waals surface area contributed by atoms with Crippen LogP contribution in [0.3, 0.4) is 0 Å². The number of hydrogen-bond acceptors (Lipinski definition) is 3. The van der Waals surface area contributed by atoms with Crippen molar-refractivity contribution >= 4 is 28.6 Å². The molecule has 0 aliphatic rings. The first kappa shape index (κ1) is 23.5. The van der Waals surface area contributed by atoms with Gasteiger partial charge in [0.25, 0.3) is 5.91 Å². The van der Waals surface area contributed by atoms with E-state index in [9.17, 15) is 31.1 Å². The first-order valence-corrected chi connectivity index (χ1v) is 9.24. The Morgan fingerprint density at radius 1 is 1.00 bits per heavy atom. The number of anilines is 1. The van der Waals surface area contributed by atoms with Crippen LogP contribution in [0.4, 0.5) is 32.0 Å². The van der Waals surface area contributed by atoms with Gasteiger partial charge in [0.2, 0.25) is 0 Å². The number of alkyl halides is 6. The fraction of sp³-hybridized carbons (Fsp3) is 0.250. The number of benzene rings is 1. The third kappa shape index (κ3) is 5.44. The number of allylic oxidation sites excluding steroid dienone is 2. The van der Waals surface area contributed by atoms with Gasteiger partial charge < -0.3 is 9.80 Å². The molecule has 0 aliphatic heterocycles. The highest BCUT2D eigenvalue weighted by Gasteiger charge is 2.33. The van der Waals surface area contributed by atoms with Gasteiger partial charge in [0.05, 0.1) is 26.6 Å². The van der Waals surface area contributed by atoms with Gasteiger partial charge in [-0.25, -0.2) is 0 Å². The third-order valence-electron chi connectivity index (χ3n) is 4.07. The quantitative estimate of drug-likeness (QED) is 0.410. The highest BCUT2D eigenvalue weighted by atomic mass is 32.1. The normalized spacial score (nSPS) is 12.6. The van der Waals surface area contributed by atoms with Crippen molar-refractivity contribution < 1.29 is 31.1 Å². The molecule has 162 valence electrons. The van der Waals surface area contributed by atoms with Crippen LogP contribution in [0.15, 0.2) is 54.6 Å². The monoisotopic (exact) mass is 448 g/mol. The Morgan fingerprint density at radius 3 is 2.13 bits per heavy atom. The zero-order chi connectivity index (χ0) is 22.9. The summed E-state index contributed by atoms with van der Waals surface area (Å²) in [6.07, 6.45) is -8.58. The van der Waals surface area contributed by atoms with E-state index in [0.29, 0.717) is 0 Å². The van der Waals surface area contributed by atoms with E-state index >= 15 is 0 Å². The van der Waals surface area contributed by atoms with Crippen molar-refractivity contribution in [1.29, 1.82) is 0 Å². The molecule has 0 N–H and O–H groups in total. The first-order valence-electron chi connectivity index (χ1n) is 8.42. The van der Waals surface area contributed by atoms with E-state index in [1.165, 1.54) is 55.2 Å². The van der Waals surface area contributed by atoms with Crippen LogP contribution >= 0.6 is 11.3 Å². The second kappa shape index (κ2) is 8.55. The van der Waals surface area contributed by atoms with Crippen LogP contribution in [0.1, 0.15) is 20.1 Å². The van der Waals surface area contributed by atoms with E-state index in [1.54, 1.807) is 0 Å². The Labute approximate surface area is 173 Å². The Hall–Kier alpha value is -2.75. The second-order valence-corrected chi connectivity index (χ2v) is 7.61. The summed E-state index contributed by atoms with van der Waals surface area (Å²) < 4.78 is 78.4. The number of halogens is 6. The molecule has 0 fully saturated rings. The Balaban J connectivity index is 2.56. The van der Waals surface area contributed by atoms with Gasteiger partial charge in [0.1, 0.15) is 0 Å². The lowest BCUT2D eigenvalue weighted by Gasteiger charge is -2.24. The summed E-state index contributed by atoms with van der Waals surface area (Å²) in [6, 6.07) is 7.12. The van der Waals surface area contributed by atoms with E-state index in [0.717, 1.165) is 29.5 Å². The molecule has 2 aromatic rings. The summed E-state index contributed by atoms with van der Waals surface area (Å²) in [7, 11) is 4.40. The van der Waals surface area contributed by atoms with Gasteiger partial charge in [-0.15, -0.1) is 11.3 Å². The minimum Gasteiger partial charge on any atom is -0.344 e. The number of amides is 1. The fourth-order valence-electron chi connectivity index (χ4n) is 2.42. The summed E-state index contributed by atoms with van der Waals surface area (Å²) in [5, 5.41) is 0. The molecular weight excluding hydrogens is 430 g/mol. The average Bonchev–Trinajstić information content (AvgIpc) is 3.12. The molecule has 0 radical (unpaired) electrons. The Bertz CT molecular complexity index is 972. The molecule has 3 nitrogen and oxygen atoms in total. The van der Waals surface area contributed by atoms with Gasteiger partial charge in [0.15, 0.2) is 0 Å². The summed E-state index contributed by atoms with van der Waals surface area (Å²) in [5.41, 5.74) is -2.12. The molecule has 0 unspecified atom stereocenters. The predicted octanol–water partition coefficient (Wildman–Crippen LogP) is 6.06. The molecule has 30 heavy (non-hydrogen) atoms. The van der Waals surface area contributed by atoms with Crippen molar-refractivity contribution in [2.45, 2.75) is 12.4 Å². The Morgan fingerprint density at radius 2 is 1.60 bits per heavy atom. The number of carbonyl (C=O) groups excluding carboxylic acids is 1. The predicted molar refractivity (Wildman–Crippen MR) is 105 cm³/mol. The molecule has 1 heterocycles. The number of rotatable bonds is 5. The summed E-state index contributed by atoms with van der Waals surface area (Å²) in [4.78, 5) is 15.2. The van der Waals surface area contributed by atoms with E-state index in [4.69, 9.17) is 0 Å². The molecule has 1 amide bonds. The van der Waals surface area contributed by atoms with Gasteiger partial charge in [-0.3, -0.25) is 4.79 Å². The molecule has 0 atom stereocenters. The molecule has 0 saturated heterocycles. The largest absolute Gasteiger partial charge is 0.416 e. The van der Waals surface area contributed by atoms with Crippen LogP contribution in [0.5, 0.6) is 0 Å². The van der Waals surface area contributed by atoms with Crippen molar-refractivity contribution in [2.24, 2.45) is 0 Å². The fourth-order valence-corrected chi connectivity index (χ4v) is 3.50.